The van der Waals surface area contributed by atoms with E-state index in [4.69, 9.17) is 5.11 Å². The van der Waals surface area contributed by atoms with E-state index in [1.807, 2.05) is 0 Å². The Balaban J connectivity index is 2.51. The Kier molecular flexibility index (Phi) is 3.21. The van der Waals surface area contributed by atoms with Crippen molar-refractivity contribution >= 4 is 11.9 Å². The van der Waals surface area contributed by atoms with Crippen LogP contribution >= 0.6 is 0 Å². The molecule has 0 aromatic carbocycles. The molecule has 0 radical (unpaired) electrons. The van der Waals surface area contributed by atoms with Gasteiger partial charge in [-0.25, -0.2) is 0 Å². The van der Waals surface area contributed by atoms with E-state index in [9.17, 15) is 22.8 Å². The van der Waals surface area contributed by atoms with Gasteiger partial charge in [-0.2, -0.15) is 13.2 Å². The molecule has 0 saturated heterocycles. The first-order chi connectivity index (χ1) is 6.80. The molecule has 1 rings (SSSR count). The Labute approximate surface area is 83.5 Å². The summed E-state index contributed by atoms with van der Waals surface area (Å²) in [5.74, 6) is -3.41. The van der Waals surface area contributed by atoms with E-state index < -0.39 is 30.5 Å². The van der Waals surface area contributed by atoms with Gasteiger partial charge in [0, 0.05) is 6.04 Å². The van der Waals surface area contributed by atoms with Crippen molar-refractivity contribution < 1.29 is 27.9 Å². The summed E-state index contributed by atoms with van der Waals surface area (Å²) in [7, 11) is 0. The summed E-state index contributed by atoms with van der Waals surface area (Å²) >= 11 is 0. The first-order valence-corrected chi connectivity index (χ1v) is 4.40. The van der Waals surface area contributed by atoms with Gasteiger partial charge in [0.2, 0.25) is 0 Å². The number of hydrogen-bond donors (Lipinski definition) is 2. The molecule has 1 aliphatic carbocycles. The Bertz CT molecular complexity index is 273. The van der Waals surface area contributed by atoms with Gasteiger partial charge in [0.05, 0.1) is 6.42 Å². The number of alkyl halides is 3. The van der Waals surface area contributed by atoms with Crippen LogP contribution in [0.1, 0.15) is 19.3 Å². The van der Waals surface area contributed by atoms with Crippen molar-refractivity contribution in [1.82, 2.24) is 5.32 Å². The van der Waals surface area contributed by atoms with Crippen LogP contribution in [-0.2, 0) is 9.59 Å². The number of carbonyl (C=O) groups excluding carboxylic acids is 1. The zero-order valence-electron chi connectivity index (χ0n) is 7.67. The van der Waals surface area contributed by atoms with Gasteiger partial charge in [0.25, 0.3) is 0 Å². The number of carboxylic acid groups (broad SMARTS) is 1. The molecule has 0 bridgehead atoms. The molecule has 0 aromatic rings. The number of halogens is 3. The molecule has 0 spiro atoms. The number of hydrogen-bond acceptors (Lipinski definition) is 2. The fraction of sp³-hybridized carbons (Fsp3) is 0.750. The summed E-state index contributed by atoms with van der Waals surface area (Å²) in [5, 5.41) is 10.1. The first-order valence-electron chi connectivity index (χ1n) is 4.40. The third kappa shape index (κ3) is 3.77. The average Bonchev–Trinajstić information content (AvgIpc) is 2.81. The van der Waals surface area contributed by atoms with Crippen molar-refractivity contribution in [3.8, 4) is 0 Å². The minimum Gasteiger partial charge on any atom is -0.481 e. The molecule has 15 heavy (non-hydrogen) atoms. The lowest BCUT2D eigenvalue weighted by molar-refractivity contribution is -0.174. The van der Waals surface area contributed by atoms with E-state index in [-0.39, 0.29) is 5.92 Å². The van der Waals surface area contributed by atoms with Gasteiger partial charge >= 0.3 is 18.1 Å². The lowest BCUT2D eigenvalue weighted by Gasteiger charge is -2.17. The number of aliphatic carboxylic acids is 1. The lowest BCUT2D eigenvalue weighted by Crippen LogP contribution is -2.45. The zero-order chi connectivity index (χ0) is 11.6. The van der Waals surface area contributed by atoms with E-state index in [1.165, 1.54) is 0 Å². The molecule has 1 amide bonds. The van der Waals surface area contributed by atoms with Gasteiger partial charge in [-0.05, 0) is 18.8 Å². The largest absolute Gasteiger partial charge is 0.481 e. The minimum absolute atomic E-state index is 0.132. The first kappa shape index (κ1) is 11.8. The van der Waals surface area contributed by atoms with Gasteiger partial charge < -0.3 is 10.4 Å². The topological polar surface area (TPSA) is 66.4 Å². The molecule has 0 aliphatic heterocycles. The zero-order valence-corrected chi connectivity index (χ0v) is 7.67. The van der Waals surface area contributed by atoms with Crippen LogP contribution in [0.25, 0.3) is 0 Å². The summed E-state index contributed by atoms with van der Waals surface area (Å²) in [5.41, 5.74) is 0. The molecule has 86 valence electrons. The van der Waals surface area contributed by atoms with Gasteiger partial charge in [0.1, 0.15) is 0 Å². The van der Waals surface area contributed by atoms with E-state index >= 15 is 0 Å². The molecule has 1 fully saturated rings. The highest BCUT2D eigenvalue weighted by Crippen LogP contribution is 2.34. The van der Waals surface area contributed by atoms with Crippen LogP contribution in [0.4, 0.5) is 13.2 Å². The van der Waals surface area contributed by atoms with Gasteiger partial charge in [0.15, 0.2) is 0 Å². The number of carboxylic acids is 1. The van der Waals surface area contributed by atoms with Crippen LogP contribution in [-0.4, -0.2) is 29.2 Å². The highest BCUT2D eigenvalue weighted by Gasteiger charge is 2.42. The molecule has 0 heterocycles. The summed E-state index contributed by atoms with van der Waals surface area (Å²) in [6, 6.07) is -0.906. The molecule has 0 unspecified atom stereocenters. The Morgan fingerprint density at radius 1 is 1.40 bits per heavy atom. The van der Waals surface area contributed by atoms with E-state index in [1.54, 1.807) is 5.32 Å². The fourth-order valence-corrected chi connectivity index (χ4v) is 1.27. The monoisotopic (exact) mass is 225 g/mol. The third-order valence-corrected chi connectivity index (χ3v) is 2.16. The maximum absolute atomic E-state index is 11.9. The highest BCUT2D eigenvalue weighted by atomic mass is 19.4. The third-order valence-electron chi connectivity index (χ3n) is 2.16. The second kappa shape index (κ2) is 4.08. The van der Waals surface area contributed by atoms with Crippen molar-refractivity contribution in [1.29, 1.82) is 0 Å². The molecule has 1 aliphatic rings. The Hall–Kier alpha value is -1.27. The van der Waals surface area contributed by atoms with Crippen molar-refractivity contribution in [3.63, 3.8) is 0 Å². The number of rotatable bonds is 4. The minimum atomic E-state index is -4.95. The Morgan fingerprint density at radius 3 is 2.27 bits per heavy atom. The van der Waals surface area contributed by atoms with Crippen molar-refractivity contribution in [2.24, 2.45) is 5.92 Å². The highest BCUT2D eigenvalue weighted by molar-refractivity contribution is 5.82. The Morgan fingerprint density at radius 2 is 1.93 bits per heavy atom. The van der Waals surface area contributed by atoms with Gasteiger partial charge in [-0.3, -0.25) is 9.59 Å². The summed E-state index contributed by atoms with van der Waals surface area (Å²) in [6.07, 6.45) is -4.09. The second-order valence-corrected chi connectivity index (χ2v) is 3.51. The lowest BCUT2D eigenvalue weighted by atomic mass is 10.1. The van der Waals surface area contributed by atoms with Crippen LogP contribution in [0.5, 0.6) is 0 Å². The fourth-order valence-electron chi connectivity index (χ4n) is 1.27. The van der Waals surface area contributed by atoms with Crippen LogP contribution in [0.2, 0.25) is 0 Å². The molecule has 7 heteroatoms. The summed E-state index contributed by atoms with van der Waals surface area (Å²) < 4.78 is 35.6. The van der Waals surface area contributed by atoms with Crippen LogP contribution < -0.4 is 5.32 Å². The van der Waals surface area contributed by atoms with E-state index in [0.29, 0.717) is 12.8 Å². The number of amides is 1. The van der Waals surface area contributed by atoms with Crippen molar-refractivity contribution in [2.45, 2.75) is 31.5 Å². The van der Waals surface area contributed by atoms with E-state index in [2.05, 4.69) is 0 Å². The quantitative estimate of drug-likeness (QED) is 0.747. The maximum Gasteiger partial charge on any atom is 0.471 e. The molecule has 1 saturated carbocycles. The molecular weight excluding hydrogens is 215 g/mol. The maximum atomic E-state index is 11.9. The SMILES string of the molecule is O=C(O)C[C@H](NC(=O)C(F)(F)F)C1CC1. The molecule has 1 atom stereocenters. The molecule has 0 aromatic heterocycles. The van der Waals surface area contributed by atoms with Crippen molar-refractivity contribution in [3.05, 3.63) is 0 Å². The second-order valence-electron chi connectivity index (χ2n) is 3.51. The van der Waals surface area contributed by atoms with Crippen LogP contribution in [0.3, 0.4) is 0 Å². The average molecular weight is 225 g/mol. The van der Waals surface area contributed by atoms with Gasteiger partial charge in [-0.1, -0.05) is 0 Å². The number of nitrogens with one attached hydrogen (secondary N) is 1. The van der Waals surface area contributed by atoms with E-state index in [0.717, 1.165) is 0 Å². The van der Waals surface area contributed by atoms with Gasteiger partial charge in [-0.15, -0.1) is 0 Å². The number of carbonyl (C=O) groups is 2. The predicted octanol–water partition coefficient (Wildman–Crippen LogP) is 0.918. The summed E-state index contributed by atoms with van der Waals surface area (Å²) in [4.78, 5) is 20.9. The van der Waals surface area contributed by atoms with Crippen molar-refractivity contribution in [2.75, 3.05) is 0 Å². The van der Waals surface area contributed by atoms with Crippen LogP contribution in [0.15, 0.2) is 0 Å². The normalized spacial score (nSPS) is 18.3. The summed E-state index contributed by atoms with van der Waals surface area (Å²) in [6.45, 7) is 0. The molecule has 2 N–H and O–H groups in total. The smallest absolute Gasteiger partial charge is 0.471 e. The predicted molar refractivity (Wildman–Crippen MR) is 43.0 cm³/mol. The standard InChI is InChI=1S/C8H10F3NO3/c9-8(10,11)7(15)12-5(3-6(13)14)4-1-2-4/h4-5H,1-3H2,(H,12,15)(H,13,14)/t5-/m0/s1. The van der Waals surface area contributed by atoms with Crippen LogP contribution in [0, 0.1) is 5.92 Å². The molecular formula is C8H10F3NO3. The molecule has 4 nitrogen and oxygen atoms in total.